The van der Waals surface area contributed by atoms with Crippen LogP contribution in [0.1, 0.15) is 37.1 Å². The Morgan fingerprint density at radius 2 is 2.05 bits per heavy atom. The number of aromatic nitrogens is 2. The van der Waals surface area contributed by atoms with Crippen molar-refractivity contribution in [1.82, 2.24) is 14.7 Å². The molecule has 0 saturated heterocycles. The fourth-order valence-corrected chi connectivity index (χ4v) is 2.77. The number of nitrogens with zero attached hydrogens (tertiary/aromatic N) is 3. The fourth-order valence-electron chi connectivity index (χ4n) is 2.77. The van der Waals surface area contributed by atoms with Gasteiger partial charge in [-0.25, -0.2) is 0 Å². The molecule has 2 rings (SSSR count). The molecule has 0 unspecified atom stereocenters. The number of rotatable bonds is 3. The van der Waals surface area contributed by atoms with Crippen LogP contribution in [0.5, 0.6) is 0 Å². The van der Waals surface area contributed by atoms with Gasteiger partial charge in [-0.3, -0.25) is 9.48 Å². The van der Waals surface area contributed by atoms with E-state index in [4.69, 9.17) is 5.73 Å². The molecule has 19 heavy (non-hydrogen) atoms. The third-order valence-electron chi connectivity index (χ3n) is 4.07. The van der Waals surface area contributed by atoms with Crippen LogP contribution in [0.15, 0.2) is 6.07 Å². The summed E-state index contributed by atoms with van der Waals surface area (Å²) in [5.74, 6) is 0.131. The molecular formula is C14H24N4O. The average Bonchev–Trinajstić information content (AvgIpc) is 2.68. The van der Waals surface area contributed by atoms with E-state index in [0.29, 0.717) is 18.6 Å². The summed E-state index contributed by atoms with van der Waals surface area (Å²) in [5.41, 5.74) is 7.89. The van der Waals surface area contributed by atoms with Crippen molar-refractivity contribution < 1.29 is 4.79 Å². The summed E-state index contributed by atoms with van der Waals surface area (Å²) in [5, 5.41) is 4.34. The molecule has 0 aliphatic heterocycles. The lowest BCUT2D eigenvalue weighted by atomic mass is 9.91. The van der Waals surface area contributed by atoms with Gasteiger partial charge in [0.2, 0.25) is 5.91 Å². The van der Waals surface area contributed by atoms with Gasteiger partial charge < -0.3 is 10.6 Å². The van der Waals surface area contributed by atoms with Crippen molar-refractivity contribution in [3.05, 3.63) is 17.5 Å². The molecule has 0 spiro atoms. The highest BCUT2D eigenvalue weighted by atomic mass is 16.2. The van der Waals surface area contributed by atoms with E-state index < -0.39 is 0 Å². The van der Waals surface area contributed by atoms with Gasteiger partial charge in [-0.05, 0) is 45.6 Å². The van der Waals surface area contributed by atoms with E-state index in [-0.39, 0.29) is 5.91 Å². The van der Waals surface area contributed by atoms with Crippen molar-refractivity contribution in [3.63, 3.8) is 0 Å². The number of carbonyl (C=O) groups is 1. The molecule has 1 saturated carbocycles. The minimum absolute atomic E-state index is 0.131. The summed E-state index contributed by atoms with van der Waals surface area (Å²) in [4.78, 5) is 14.2. The summed E-state index contributed by atoms with van der Waals surface area (Å²) in [6.45, 7) is 4.26. The maximum absolute atomic E-state index is 12.3. The summed E-state index contributed by atoms with van der Waals surface area (Å²) in [6, 6.07) is 2.65. The highest BCUT2D eigenvalue weighted by Gasteiger charge is 2.25. The summed E-state index contributed by atoms with van der Waals surface area (Å²) in [6.07, 6.45) is 4.06. The lowest BCUT2D eigenvalue weighted by Crippen LogP contribution is -2.43. The maximum Gasteiger partial charge on any atom is 0.244 e. The molecule has 1 aromatic heterocycles. The predicted octanol–water partition coefficient (Wildman–Crippen LogP) is 1.23. The molecule has 0 aromatic carbocycles. The summed E-state index contributed by atoms with van der Waals surface area (Å²) in [7, 11) is 1.90. The van der Waals surface area contributed by atoms with Gasteiger partial charge in [0, 0.05) is 24.8 Å². The van der Waals surface area contributed by atoms with Gasteiger partial charge in [-0.2, -0.15) is 5.10 Å². The second-order valence-corrected chi connectivity index (χ2v) is 5.66. The van der Waals surface area contributed by atoms with Gasteiger partial charge >= 0.3 is 0 Å². The van der Waals surface area contributed by atoms with Gasteiger partial charge in [0.15, 0.2) is 0 Å². The molecule has 0 radical (unpaired) electrons. The smallest absolute Gasteiger partial charge is 0.244 e. The number of hydrogen-bond donors (Lipinski definition) is 1. The van der Waals surface area contributed by atoms with E-state index in [9.17, 15) is 4.79 Å². The van der Waals surface area contributed by atoms with E-state index in [1.165, 1.54) is 0 Å². The normalized spacial score (nSPS) is 23.4. The van der Waals surface area contributed by atoms with Gasteiger partial charge in [0.25, 0.3) is 0 Å². The van der Waals surface area contributed by atoms with E-state index in [2.05, 4.69) is 5.10 Å². The van der Waals surface area contributed by atoms with Crippen LogP contribution < -0.4 is 5.73 Å². The molecule has 5 heteroatoms. The van der Waals surface area contributed by atoms with Crippen LogP contribution in [0.25, 0.3) is 0 Å². The highest BCUT2D eigenvalue weighted by molar-refractivity contribution is 5.76. The van der Waals surface area contributed by atoms with Crippen molar-refractivity contribution in [2.45, 2.75) is 58.2 Å². The molecule has 1 heterocycles. The Kier molecular flexibility index (Phi) is 4.24. The van der Waals surface area contributed by atoms with Crippen LogP contribution in [0.3, 0.4) is 0 Å². The molecule has 0 bridgehead atoms. The standard InChI is InChI=1S/C14H24N4O/c1-10-8-11(2)18(16-10)9-14(19)17(3)13-6-4-12(15)5-7-13/h8,12-13H,4-7,9,15H2,1-3H3. The molecule has 1 aliphatic rings. The number of likely N-dealkylation sites (N-methyl/N-ethyl adjacent to an activating group) is 1. The Morgan fingerprint density at radius 3 is 2.58 bits per heavy atom. The van der Waals surface area contributed by atoms with Crippen molar-refractivity contribution in [1.29, 1.82) is 0 Å². The molecule has 1 amide bonds. The van der Waals surface area contributed by atoms with E-state index in [0.717, 1.165) is 37.1 Å². The zero-order valence-corrected chi connectivity index (χ0v) is 12.1. The lowest BCUT2D eigenvalue weighted by molar-refractivity contribution is -0.133. The first-order valence-corrected chi connectivity index (χ1v) is 6.99. The van der Waals surface area contributed by atoms with Crippen molar-refractivity contribution >= 4 is 5.91 Å². The monoisotopic (exact) mass is 264 g/mol. The van der Waals surface area contributed by atoms with E-state index in [1.807, 2.05) is 31.9 Å². The zero-order valence-electron chi connectivity index (χ0n) is 12.1. The van der Waals surface area contributed by atoms with Gasteiger partial charge in [-0.15, -0.1) is 0 Å². The number of aryl methyl sites for hydroxylation is 2. The molecule has 2 N–H and O–H groups in total. The first-order chi connectivity index (χ1) is 8.97. The van der Waals surface area contributed by atoms with Crippen LogP contribution in [-0.2, 0) is 11.3 Å². The quantitative estimate of drug-likeness (QED) is 0.893. The lowest BCUT2D eigenvalue weighted by Gasteiger charge is -2.33. The Balaban J connectivity index is 1.94. The highest BCUT2D eigenvalue weighted by Crippen LogP contribution is 2.21. The van der Waals surface area contributed by atoms with Gasteiger partial charge in [0.05, 0.1) is 5.69 Å². The molecular weight excluding hydrogens is 240 g/mol. The number of carbonyl (C=O) groups excluding carboxylic acids is 1. The van der Waals surface area contributed by atoms with Crippen LogP contribution >= 0.6 is 0 Å². The molecule has 5 nitrogen and oxygen atoms in total. The van der Waals surface area contributed by atoms with Gasteiger partial charge in [0.1, 0.15) is 6.54 Å². The molecule has 106 valence electrons. The van der Waals surface area contributed by atoms with E-state index >= 15 is 0 Å². The summed E-state index contributed by atoms with van der Waals surface area (Å²) < 4.78 is 1.78. The van der Waals surface area contributed by atoms with Crippen molar-refractivity contribution in [2.75, 3.05) is 7.05 Å². The number of amides is 1. The van der Waals surface area contributed by atoms with Crippen LogP contribution in [-0.4, -0.2) is 39.7 Å². The average molecular weight is 264 g/mol. The summed E-state index contributed by atoms with van der Waals surface area (Å²) >= 11 is 0. The number of hydrogen-bond acceptors (Lipinski definition) is 3. The predicted molar refractivity (Wildman–Crippen MR) is 74.7 cm³/mol. The first-order valence-electron chi connectivity index (χ1n) is 6.99. The maximum atomic E-state index is 12.3. The molecule has 0 atom stereocenters. The van der Waals surface area contributed by atoms with Gasteiger partial charge in [-0.1, -0.05) is 0 Å². The van der Waals surface area contributed by atoms with Crippen molar-refractivity contribution in [2.24, 2.45) is 5.73 Å². The molecule has 1 aromatic rings. The van der Waals surface area contributed by atoms with Crippen LogP contribution in [0, 0.1) is 13.8 Å². The topological polar surface area (TPSA) is 64.2 Å². The minimum atomic E-state index is 0.131. The van der Waals surface area contributed by atoms with Crippen LogP contribution in [0.4, 0.5) is 0 Å². The second-order valence-electron chi connectivity index (χ2n) is 5.66. The SMILES string of the molecule is Cc1cc(C)n(CC(=O)N(C)C2CCC(N)CC2)n1. The molecule has 1 aliphatic carbocycles. The third kappa shape index (κ3) is 3.35. The third-order valence-corrected chi connectivity index (χ3v) is 4.07. The largest absolute Gasteiger partial charge is 0.341 e. The Hall–Kier alpha value is -1.36. The fraction of sp³-hybridized carbons (Fsp3) is 0.714. The Labute approximate surface area is 114 Å². The Bertz CT molecular complexity index is 446. The van der Waals surface area contributed by atoms with Crippen LogP contribution in [0.2, 0.25) is 0 Å². The number of nitrogens with two attached hydrogens (primary N) is 1. The molecule has 1 fully saturated rings. The zero-order chi connectivity index (χ0) is 14.0. The van der Waals surface area contributed by atoms with Crippen molar-refractivity contribution in [3.8, 4) is 0 Å². The first kappa shape index (κ1) is 14.1. The second kappa shape index (κ2) is 5.74. The minimum Gasteiger partial charge on any atom is -0.341 e. The Morgan fingerprint density at radius 1 is 1.42 bits per heavy atom. The van der Waals surface area contributed by atoms with E-state index in [1.54, 1.807) is 4.68 Å².